The van der Waals surface area contributed by atoms with Crippen LogP contribution in [-0.2, 0) is 9.53 Å². The molecule has 0 spiro atoms. The lowest BCUT2D eigenvalue weighted by Crippen LogP contribution is -2.06. The van der Waals surface area contributed by atoms with Gasteiger partial charge in [0, 0.05) is 16.7 Å². The number of ether oxygens (including phenoxy) is 2. The van der Waals surface area contributed by atoms with Gasteiger partial charge in [0.1, 0.15) is 12.4 Å². The van der Waals surface area contributed by atoms with E-state index in [2.05, 4.69) is 0 Å². The zero-order valence-corrected chi connectivity index (χ0v) is 15.4. The molecule has 0 aromatic heterocycles. The van der Waals surface area contributed by atoms with Crippen molar-refractivity contribution in [2.24, 2.45) is 0 Å². The molecule has 0 fully saturated rings. The fourth-order valence-corrected chi connectivity index (χ4v) is 3.06. The minimum atomic E-state index is -0.511. The highest BCUT2D eigenvalue weighted by Gasteiger charge is 2.13. The van der Waals surface area contributed by atoms with Gasteiger partial charge in [0.2, 0.25) is 0 Å². The van der Waals surface area contributed by atoms with Gasteiger partial charge in [-0.05, 0) is 28.5 Å². The lowest BCUT2D eigenvalue weighted by atomic mass is 10.0. The number of benzene rings is 3. The van der Waals surface area contributed by atoms with Gasteiger partial charge in [0.25, 0.3) is 0 Å². The minimum absolute atomic E-state index is 0.0536. The van der Waals surface area contributed by atoms with Crippen LogP contribution < -0.4 is 4.74 Å². The second-order valence-corrected chi connectivity index (χ2v) is 6.18. The first kappa shape index (κ1) is 18.7. The summed E-state index contributed by atoms with van der Waals surface area (Å²) in [4.78, 5) is 23.4. The van der Waals surface area contributed by atoms with Crippen LogP contribution in [0.25, 0.3) is 16.3 Å². The molecule has 0 aliphatic heterocycles. The largest absolute Gasteiger partial charge is 0.488 e. The number of carbonyl (C=O) groups is 2. The van der Waals surface area contributed by atoms with Crippen LogP contribution in [0.4, 0.5) is 0 Å². The molecule has 0 amide bonds. The molecule has 0 aliphatic rings. The standard InChI is InChI=1S/C22H17ClO4/c1-26-22(25)12-16(18-8-4-5-9-20(18)23)14-27-21-11-10-15-6-2-3-7-17(15)19(21)13-24/h2-13H,14H2,1H3/b16-12-. The monoisotopic (exact) mass is 380 g/mol. The molecule has 0 saturated heterocycles. The molecule has 0 aliphatic carbocycles. The molecule has 0 atom stereocenters. The van der Waals surface area contributed by atoms with E-state index in [0.717, 1.165) is 17.1 Å². The first-order valence-electron chi connectivity index (χ1n) is 8.27. The van der Waals surface area contributed by atoms with E-state index >= 15 is 0 Å². The Morgan fingerprint density at radius 2 is 1.78 bits per heavy atom. The van der Waals surface area contributed by atoms with E-state index in [-0.39, 0.29) is 6.61 Å². The van der Waals surface area contributed by atoms with Gasteiger partial charge in [0.15, 0.2) is 6.29 Å². The van der Waals surface area contributed by atoms with Crippen LogP contribution in [-0.4, -0.2) is 26.0 Å². The number of esters is 1. The fourth-order valence-electron chi connectivity index (χ4n) is 2.80. The first-order chi connectivity index (χ1) is 13.1. The van der Waals surface area contributed by atoms with Crippen LogP contribution >= 0.6 is 11.6 Å². The third-order valence-electron chi connectivity index (χ3n) is 4.14. The summed E-state index contributed by atoms with van der Waals surface area (Å²) in [5.41, 5.74) is 1.68. The smallest absolute Gasteiger partial charge is 0.330 e. The van der Waals surface area contributed by atoms with Gasteiger partial charge in [-0.2, -0.15) is 0 Å². The molecule has 4 nitrogen and oxygen atoms in total. The third kappa shape index (κ3) is 4.18. The predicted molar refractivity (Wildman–Crippen MR) is 106 cm³/mol. The molecule has 0 heterocycles. The highest BCUT2D eigenvalue weighted by atomic mass is 35.5. The topological polar surface area (TPSA) is 52.6 Å². The van der Waals surface area contributed by atoms with Crippen LogP contribution in [0, 0.1) is 0 Å². The SMILES string of the molecule is COC(=O)/C=C(/COc1ccc2ccccc2c1C=O)c1ccccc1Cl. The molecule has 136 valence electrons. The molecule has 27 heavy (non-hydrogen) atoms. The molecule has 0 saturated carbocycles. The van der Waals surface area contributed by atoms with Crippen LogP contribution in [0.3, 0.4) is 0 Å². The molecule has 0 unspecified atom stereocenters. The van der Waals surface area contributed by atoms with E-state index in [1.54, 1.807) is 24.3 Å². The van der Waals surface area contributed by atoms with E-state index in [9.17, 15) is 9.59 Å². The van der Waals surface area contributed by atoms with Crippen molar-refractivity contribution in [1.82, 2.24) is 0 Å². The number of methoxy groups -OCH3 is 1. The van der Waals surface area contributed by atoms with Gasteiger partial charge in [-0.1, -0.05) is 60.1 Å². The third-order valence-corrected chi connectivity index (χ3v) is 4.47. The van der Waals surface area contributed by atoms with Gasteiger partial charge >= 0.3 is 5.97 Å². The number of hydrogen-bond acceptors (Lipinski definition) is 4. The maximum atomic E-state index is 11.8. The van der Waals surface area contributed by atoms with Gasteiger partial charge in [-0.15, -0.1) is 0 Å². The molecule has 3 aromatic carbocycles. The normalized spacial score (nSPS) is 11.3. The second kappa shape index (κ2) is 8.52. The number of carbonyl (C=O) groups excluding carboxylic acids is 2. The summed E-state index contributed by atoms with van der Waals surface area (Å²) in [7, 11) is 1.30. The number of hydrogen-bond donors (Lipinski definition) is 0. The molecule has 0 N–H and O–H groups in total. The molecule has 5 heteroatoms. The van der Waals surface area contributed by atoms with Gasteiger partial charge in [-0.3, -0.25) is 4.79 Å². The summed E-state index contributed by atoms with van der Waals surface area (Å²) in [6, 6.07) is 18.3. The number of halogens is 1. The van der Waals surface area contributed by atoms with Crippen LogP contribution in [0.15, 0.2) is 66.7 Å². The summed E-state index contributed by atoms with van der Waals surface area (Å²) < 4.78 is 10.6. The van der Waals surface area contributed by atoms with Crippen molar-refractivity contribution in [3.05, 3.63) is 82.9 Å². The quantitative estimate of drug-likeness (QED) is 0.345. The first-order valence-corrected chi connectivity index (χ1v) is 8.65. The molecule has 0 radical (unpaired) electrons. The Morgan fingerprint density at radius 3 is 2.52 bits per heavy atom. The lowest BCUT2D eigenvalue weighted by Gasteiger charge is -2.14. The van der Waals surface area contributed by atoms with Gasteiger partial charge in [0.05, 0.1) is 12.7 Å². The Balaban J connectivity index is 1.96. The zero-order valence-electron chi connectivity index (χ0n) is 14.6. The Kier molecular flexibility index (Phi) is 5.89. The predicted octanol–water partition coefficient (Wildman–Crippen LogP) is 4.94. The van der Waals surface area contributed by atoms with Crippen molar-refractivity contribution in [2.45, 2.75) is 0 Å². The molecule has 0 bridgehead atoms. The maximum absolute atomic E-state index is 11.8. The molecule has 3 aromatic rings. The highest BCUT2D eigenvalue weighted by molar-refractivity contribution is 6.32. The Hall–Kier alpha value is -3.11. The van der Waals surface area contributed by atoms with E-state index in [1.807, 2.05) is 36.4 Å². The molecular weight excluding hydrogens is 364 g/mol. The van der Waals surface area contributed by atoms with Crippen molar-refractivity contribution in [3.8, 4) is 5.75 Å². The average Bonchev–Trinajstić information content (AvgIpc) is 2.70. The van der Waals surface area contributed by atoms with Crippen molar-refractivity contribution >= 4 is 40.2 Å². The van der Waals surface area contributed by atoms with Crippen LogP contribution in [0.1, 0.15) is 15.9 Å². The Morgan fingerprint density at radius 1 is 1.04 bits per heavy atom. The second-order valence-electron chi connectivity index (χ2n) is 5.78. The summed E-state index contributed by atoms with van der Waals surface area (Å²) in [6.45, 7) is 0.0536. The van der Waals surface area contributed by atoms with Gasteiger partial charge in [-0.25, -0.2) is 4.79 Å². The maximum Gasteiger partial charge on any atom is 0.330 e. The van der Waals surface area contributed by atoms with Crippen molar-refractivity contribution in [1.29, 1.82) is 0 Å². The lowest BCUT2D eigenvalue weighted by molar-refractivity contribution is -0.134. The average molecular weight is 381 g/mol. The summed E-state index contributed by atoms with van der Waals surface area (Å²) >= 11 is 6.26. The number of aldehydes is 1. The van der Waals surface area contributed by atoms with Crippen LogP contribution in [0.5, 0.6) is 5.75 Å². The highest BCUT2D eigenvalue weighted by Crippen LogP contribution is 2.29. The van der Waals surface area contributed by atoms with Gasteiger partial charge < -0.3 is 9.47 Å². The van der Waals surface area contributed by atoms with Crippen molar-refractivity contribution < 1.29 is 19.1 Å². The molecular formula is C22H17ClO4. The zero-order chi connectivity index (χ0) is 19.2. The van der Waals surface area contributed by atoms with Crippen molar-refractivity contribution in [2.75, 3.05) is 13.7 Å². The summed E-state index contributed by atoms with van der Waals surface area (Å²) in [5, 5.41) is 2.25. The Labute approximate surface area is 162 Å². The fraction of sp³-hybridized carbons (Fsp3) is 0.0909. The van der Waals surface area contributed by atoms with Crippen molar-refractivity contribution in [3.63, 3.8) is 0 Å². The molecule has 3 rings (SSSR count). The van der Waals surface area contributed by atoms with E-state index in [4.69, 9.17) is 21.1 Å². The number of rotatable bonds is 6. The minimum Gasteiger partial charge on any atom is -0.488 e. The van der Waals surface area contributed by atoms with Crippen LogP contribution in [0.2, 0.25) is 5.02 Å². The summed E-state index contributed by atoms with van der Waals surface area (Å²) in [6.07, 6.45) is 2.11. The van der Waals surface area contributed by atoms with E-state index in [0.29, 0.717) is 27.5 Å². The van der Waals surface area contributed by atoms with E-state index in [1.165, 1.54) is 13.2 Å². The Bertz CT molecular complexity index is 1020. The van der Waals surface area contributed by atoms with E-state index < -0.39 is 5.97 Å². The summed E-state index contributed by atoms with van der Waals surface area (Å²) in [5.74, 6) is -0.0749. The number of fused-ring (bicyclic) bond motifs is 1.